The molecule has 0 bridgehead atoms. The SMILES string of the molecule is CC#CCNC(=O)NCc1cccc(Cn2ccnc2C)c1. The molecule has 0 unspecified atom stereocenters. The minimum absolute atomic E-state index is 0.210. The second-order valence-electron chi connectivity index (χ2n) is 4.89. The lowest BCUT2D eigenvalue weighted by Crippen LogP contribution is -2.35. The van der Waals surface area contributed by atoms with Crippen LogP contribution >= 0.6 is 0 Å². The van der Waals surface area contributed by atoms with Gasteiger partial charge in [0.2, 0.25) is 0 Å². The summed E-state index contributed by atoms with van der Waals surface area (Å²) in [6.07, 6.45) is 3.76. The van der Waals surface area contributed by atoms with Crippen LogP contribution in [0.15, 0.2) is 36.7 Å². The fraction of sp³-hybridized carbons (Fsp3) is 0.294. The first-order chi connectivity index (χ1) is 10.7. The zero-order valence-corrected chi connectivity index (χ0v) is 12.9. The van der Waals surface area contributed by atoms with E-state index in [2.05, 4.69) is 44.2 Å². The van der Waals surface area contributed by atoms with E-state index >= 15 is 0 Å². The Hall–Kier alpha value is -2.74. The molecule has 22 heavy (non-hydrogen) atoms. The normalized spacial score (nSPS) is 9.73. The van der Waals surface area contributed by atoms with Crippen LogP contribution in [-0.2, 0) is 13.1 Å². The average molecular weight is 296 g/mol. The fourth-order valence-corrected chi connectivity index (χ4v) is 2.06. The summed E-state index contributed by atoms with van der Waals surface area (Å²) in [6, 6.07) is 7.94. The third-order valence-corrected chi connectivity index (χ3v) is 3.24. The molecular weight excluding hydrogens is 276 g/mol. The lowest BCUT2D eigenvalue weighted by atomic mass is 10.1. The Balaban J connectivity index is 1.89. The van der Waals surface area contributed by atoms with Gasteiger partial charge in [-0.15, -0.1) is 5.92 Å². The van der Waals surface area contributed by atoms with Crippen LogP contribution in [0.1, 0.15) is 23.9 Å². The molecule has 0 spiro atoms. The van der Waals surface area contributed by atoms with Crippen LogP contribution in [-0.4, -0.2) is 22.1 Å². The topological polar surface area (TPSA) is 59.0 Å². The van der Waals surface area contributed by atoms with Crippen LogP contribution in [0, 0.1) is 18.8 Å². The predicted octanol–water partition coefficient (Wildman–Crippen LogP) is 2.06. The number of hydrogen-bond acceptors (Lipinski definition) is 2. The minimum atomic E-state index is -0.210. The molecule has 2 amide bonds. The number of benzene rings is 1. The number of nitrogens with zero attached hydrogens (tertiary/aromatic N) is 2. The Morgan fingerprint density at radius 1 is 1.32 bits per heavy atom. The average Bonchev–Trinajstić information content (AvgIpc) is 2.91. The molecule has 0 aliphatic carbocycles. The summed E-state index contributed by atoms with van der Waals surface area (Å²) in [5.74, 6) is 6.50. The quantitative estimate of drug-likeness (QED) is 0.830. The lowest BCUT2D eigenvalue weighted by molar-refractivity contribution is 0.241. The molecule has 1 aromatic heterocycles. The van der Waals surface area contributed by atoms with Gasteiger partial charge in [-0.2, -0.15) is 0 Å². The van der Waals surface area contributed by atoms with Crippen molar-refractivity contribution in [3.8, 4) is 11.8 Å². The highest BCUT2D eigenvalue weighted by atomic mass is 16.2. The Bertz CT molecular complexity index is 694. The van der Waals surface area contributed by atoms with Gasteiger partial charge in [-0.05, 0) is 25.0 Å². The van der Waals surface area contributed by atoms with Crippen molar-refractivity contribution in [2.45, 2.75) is 26.9 Å². The van der Waals surface area contributed by atoms with Crippen molar-refractivity contribution in [3.05, 3.63) is 53.6 Å². The van der Waals surface area contributed by atoms with Gasteiger partial charge in [-0.3, -0.25) is 0 Å². The van der Waals surface area contributed by atoms with Crippen LogP contribution in [0.5, 0.6) is 0 Å². The molecule has 2 rings (SSSR count). The summed E-state index contributed by atoms with van der Waals surface area (Å²) in [5.41, 5.74) is 2.24. The van der Waals surface area contributed by atoms with E-state index in [1.54, 1.807) is 13.1 Å². The van der Waals surface area contributed by atoms with Gasteiger partial charge in [0.05, 0.1) is 6.54 Å². The van der Waals surface area contributed by atoms with Gasteiger partial charge in [-0.1, -0.05) is 30.2 Å². The monoisotopic (exact) mass is 296 g/mol. The Labute approximate surface area is 130 Å². The van der Waals surface area contributed by atoms with Gasteiger partial charge in [-0.25, -0.2) is 9.78 Å². The van der Waals surface area contributed by atoms with Gasteiger partial charge in [0.1, 0.15) is 5.82 Å². The number of carbonyl (C=O) groups excluding carboxylic acids is 1. The maximum atomic E-state index is 11.6. The van der Waals surface area contributed by atoms with Crippen molar-refractivity contribution < 1.29 is 4.79 Å². The summed E-state index contributed by atoms with van der Waals surface area (Å²) in [4.78, 5) is 15.8. The third kappa shape index (κ3) is 4.67. The molecule has 0 aliphatic rings. The van der Waals surface area contributed by atoms with E-state index in [0.717, 1.165) is 17.9 Å². The van der Waals surface area contributed by atoms with E-state index in [-0.39, 0.29) is 6.03 Å². The van der Waals surface area contributed by atoms with Crippen molar-refractivity contribution in [1.82, 2.24) is 20.2 Å². The van der Waals surface area contributed by atoms with E-state index in [9.17, 15) is 4.79 Å². The summed E-state index contributed by atoms with van der Waals surface area (Å²) < 4.78 is 2.09. The van der Waals surface area contributed by atoms with E-state index in [0.29, 0.717) is 13.1 Å². The first-order valence-electron chi connectivity index (χ1n) is 7.16. The molecule has 0 saturated carbocycles. The van der Waals surface area contributed by atoms with Crippen molar-refractivity contribution >= 4 is 6.03 Å². The number of carbonyl (C=O) groups is 1. The molecule has 0 saturated heterocycles. The first-order valence-corrected chi connectivity index (χ1v) is 7.16. The highest BCUT2D eigenvalue weighted by Gasteiger charge is 2.02. The molecule has 0 aliphatic heterocycles. The molecule has 5 heteroatoms. The van der Waals surface area contributed by atoms with E-state index in [1.807, 2.05) is 25.3 Å². The van der Waals surface area contributed by atoms with E-state index < -0.39 is 0 Å². The number of aryl methyl sites for hydroxylation is 1. The zero-order valence-electron chi connectivity index (χ0n) is 12.9. The molecule has 2 aromatic rings. The predicted molar refractivity (Wildman–Crippen MR) is 86.2 cm³/mol. The molecule has 5 nitrogen and oxygen atoms in total. The van der Waals surface area contributed by atoms with Crippen molar-refractivity contribution in [1.29, 1.82) is 0 Å². The van der Waals surface area contributed by atoms with E-state index in [4.69, 9.17) is 0 Å². The highest BCUT2D eigenvalue weighted by molar-refractivity contribution is 5.74. The number of imidazole rings is 1. The van der Waals surface area contributed by atoms with Gasteiger partial charge >= 0.3 is 6.03 Å². The second-order valence-corrected chi connectivity index (χ2v) is 4.89. The molecule has 0 fully saturated rings. The van der Waals surface area contributed by atoms with Crippen LogP contribution in [0.3, 0.4) is 0 Å². The minimum Gasteiger partial charge on any atom is -0.334 e. The third-order valence-electron chi connectivity index (χ3n) is 3.24. The van der Waals surface area contributed by atoms with Gasteiger partial charge in [0.15, 0.2) is 0 Å². The molecule has 0 atom stereocenters. The van der Waals surface area contributed by atoms with Crippen molar-refractivity contribution in [2.75, 3.05) is 6.54 Å². The van der Waals surface area contributed by atoms with Crippen LogP contribution in [0.25, 0.3) is 0 Å². The maximum Gasteiger partial charge on any atom is 0.315 e. The second kappa shape index (κ2) is 7.89. The summed E-state index contributed by atoms with van der Waals surface area (Å²) in [7, 11) is 0. The number of aromatic nitrogens is 2. The summed E-state index contributed by atoms with van der Waals surface area (Å²) in [6.45, 7) is 5.35. The van der Waals surface area contributed by atoms with Gasteiger partial charge in [0, 0.05) is 25.5 Å². The molecule has 114 valence electrons. The molecule has 2 N–H and O–H groups in total. The Morgan fingerprint density at radius 2 is 2.14 bits per heavy atom. The van der Waals surface area contributed by atoms with Crippen molar-refractivity contribution in [3.63, 3.8) is 0 Å². The molecule has 0 radical (unpaired) electrons. The lowest BCUT2D eigenvalue weighted by Gasteiger charge is -2.09. The standard InChI is InChI=1S/C17H20N4O/c1-3-4-8-19-17(22)20-12-15-6-5-7-16(11-15)13-21-10-9-18-14(21)2/h5-7,9-11H,8,12-13H2,1-2H3,(H2,19,20,22). The molecule has 1 heterocycles. The van der Waals surface area contributed by atoms with Gasteiger partial charge < -0.3 is 15.2 Å². The number of amides is 2. The first kappa shape index (κ1) is 15.6. The van der Waals surface area contributed by atoms with Crippen LogP contribution in [0.4, 0.5) is 4.79 Å². The maximum absolute atomic E-state index is 11.6. The number of nitrogens with one attached hydrogen (secondary N) is 2. The largest absolute Gasteiger partial charge is 0.334 e. The summed E-state index contributed by atoms with van der Waals surface area (Å²) >= 11 is 0. The Morgan fingerprint density at radius 3 is 2.86 bits per heavy atom. The number of urea groups is 1. The van der Waals surface area contributed by atoms with E-state index in [1.165, 1.54) is 5.56 Å². The van der Waals surface area contributed by atoms with Crippen LogP contribution in [0.2, 0.25) is 0 Å². The van der Waals surface area contributed by atoms with Crippen molar-refractivity contribution in [2.24, 2.45) is 0 Å². The summed E-state index contributed by atoms with van der Waals surface area (Å²) in [5, 5.41) is 5.49. The molecule has 1 aromatic carbocycles. The fourth-order valence-electron chi connectivity index (χ4n) is 2.06. The zero-order chi connectivity index (χ0) is 15.8. The van der Waals surface area contributed by atoms with Crippen LogP contribution < -0.4 is 10.6 Å². The smallest absolute Gasteiger partial charge is 0.315 e. The van der Waals surface area contributed by atoms with Gasteiger partial charge in [0.25, 0.3) is 0 Å². The number of hydrogen-bond donors (Lipinski definition) is 2. The number of rotatable bonds is 5. The highest BCUT2D eigenvalue weighted by Crippen LogP contribution is 2.08. The molecular formula is C17H20N4O. The Kier molecular flexibility index (Phi) is 5.61.